The van der Waals surface area contributed by atoms with Crippen LogP contribution in [0.1, 0.15) is 41.8 Å². The predicted octanol–water partition coefficient (Wildman–Crippen LogP) is 3.61. The van der Waals surface area contributed by atoms with Crippen LogP contribution in [0.4, 0.5) is 0 Å². The fourth-order valence-corrected chi connectivity index (χ4v) is 3.02. The summed E-state index contributed by atoms with van der Waals surface area (Å²) in [6.45, 7) is 0. The monoisotopic (exact) mass is 350 g/mol. The maximum atomic E-state index is 12.2. The Hall–Kier alpha value is -3.33. The molecule has 0 spiro atoms. The second kappa shape index (κ2) is 7.70. The van der Waals surface area contributed by atoms with Crippen molar-refractivity contribution < 1.29 is 19.1 Å². The molecule has 1 aromatic heterocycles. The smallest absolute Gasteiger partial charge is 0.335 e. The summed E-state index contributed by atoms with van der Waals surface area (Å²) < 4.78 is 5.66. The lowest BCUT2D eigenvalue weighted by molar-refractivity contribution is -0.117. The van der Waals surface area contributed by atoms with Crippen LogP contribution >= 0.6 is 0 Å². The maximum absolute atomic E-state index is 12.2. The van der Waals surface area contributed by atoms with Gasteiger partial charge in [0.2, 0.25) is 0 Å². The van der Waals surface area contributed by atoms with Gasteiger partial charge in [-0.1, -0.05) is 25.0 Å². The van der Waals surface area contributed by atoms with Gasteiger partial charge in [0, 0.05) is 17.7 Å². The third kappa shape index (κ3) is 4.01. The molecule has 0 saturated heterocycles. The Bertz CT molecular complexity index is 899. The van der Waals surface area contributed by atoms with Crippen LogP contribution < -0.4 is 5.32 Å². The van der Waals surface area contributed by atoms with Crippen LogP contribution in [0.2, 0.25) is 0 Å². The summed E-state index contributed by atoms with van der Waals surface area (Å²) in [5.74, 6) is -0.592. The SMILES string of the molecule is N#C/C(=C\c1ccc(-c2cccc(C(=O)O)c2)o1)C(=O)NC1CCCC1. The van der Waals surface area contributed by atoms with E-state index in [-0.39, 0.29) is 17.2 Å². The van der Waals surface area contributed by atoms with E-state index in [0.717, 1.165) is 25.7 Å². The fraction of sp³-hybridized carbons (Fsp3) is 0.250. The number of nitrogens with one attached hydrogen (secondary N) is 1. The fourth-order valence-electron chi connectivity index (χ4n) is 3.02. The number of nitriles is 1. The molecule has 2 N–H and O–H groups in total. The number of carboxylic acid groups (broad SMARTS) is 1. The van der Waals surface area contributed by atoms with E-state index < -0.39 is 11.9 Å². The molecule has 132 valence electrons. The zero-order valence-corrected chi connectivity index (χ0v) is 14.1. The van der Waals surface area contributed by atoms with Crippen molar-refractivity contribution in [1.29, 1.82) is 5.26 Å². The first-order valence-electron chi connectivity index (χ1n) is 8.43. The number of carbonyl (C=O) groups is 2. The summed E-state index contributed by atoms with van der Waals surface area (Å²) in [7, 11) is 0. The Morgan fingerprint density at radius 3 is 2.69 bits per heavy atom. The van der Waals surface area contributed by atoms with Crippen LogP contribution in [0.3, 0.4) is 0 Å². The molecule has 0 bridgehead atoms. The van der Waals surface area contributed by atoms with Crippen molar-refractivity contribution in [1.82, 2.24) is 5.32 Å². The van der Waals surface area contributed by atoms with Gasteiger partial charge in [-0.3, -0.25) is 4.79 Å². The van der Waals surface area contributed by atoms with Gasteiger partial charge < -0.3 is 14.8 Å². The molecule has 0 aliphatic heterocycles. The van der Waals surface area contributed by atoms with E-state index >= 15 is 0 Å². The summed E-state index contributed by atoms with van der Waals surface area (Å²) >= 11 is 0. The Morgan fingerprint density at radius 1 is 1.23 bits per heavy atom. The maximum Gasteiger partial charge on any atom is 0.335 e. The molecule has 1 heterocycles. The van der Waals surface area contributed by atoms with Crippen LogP contribution in [0.5, 0.6) is 0 Å². The van der Waals surface area contributed by atoms with Gasteiger partial charge >= 0.3 is 5.97 Å². The number of nitrogens with zero attached hydrogens (tertiary/aromatic N) is 1. The van der Waals surface area contributed by atoms with Crippen LogP contribution in [0.25, 0.3) is 17.4 Å². The van der Waals surface area contributed by atoms with Crippen LogP contribution in [-0.2, 0) is 4.79 Å². The minimum atomic E-state index is -1.02. The molecular formula is C20H18N2O4. The average Bonchev–Trinajstić information content (AvgIpc) is 3.31. The van der Waals surface area contributed by atoms with Crippen molar-refractivity contribution in [3.63, 3.8) is 0 Å². The number of hydrogen-bond donors (Lipinski definition) is 2. The van der Waals surface area contributed by atoms with Crippen molar-refractivity contribution in [2.24, 2.45) is 0 Å². The highest BCUT2D eigenvalue weighted by atomic mass is 16.4. The van der Waals surface area contributed by atoms with Gasteiger partial charge in [-0.2, -0.15) is 5.26 Å². The molecule has 0 unspecified atom stereocenters. The first kappa shape index (κ1) is 17.5. The largest absolute Gasteiger partial charge is 0.478 e. The summed E-state index contributed by atoms with van der Waals surface area (Å²) in [4.78, 5) is 23.3. The zero-order chi connectivity index (χ0) is 18.5. The van der Waals surface area contributed by atoms with Crippen LogP contribution in [0.15, 0.2) is 46.4 Å². The molecule has 1 aliphatic carbocycles. The highest BCUT2D eigenvalue weighted by Gasteiger charge is 2.19. The van der Waals surface area contributed by atoms with E-state index in [0.29, 0.717) is 17.1 Å². The molecular weight excluding hydrogens is 332 g/mol. The molecule has 26 heavy (non-hydrogen) atoms. The zero-order valence-electron chi connectivity index (χ0n) is 14.1. The molecule has 0 atom stereocenters. The molecule has 2 aromatic rings. The topological polar surface area (TPSA) is 103 Å². The lowest BCUT2D eigenvalue weighted by atomic mass is 10.1. The molecule has 1 aromatic carbocycles. The second-order valence-electron chi connectivity index (χ2n) is 6.21. The van der Waals surface area contributed by atoms with Gasteiger partial charge in [-0.15, -0.1) is 0 Å². The quantitative estimate of drug-likeness (QED) is 0.633. The van der Waals surface area contributed by atoms with E-state index in [2.05, 4.69) is 5.32 Å². The van der Waals surface area contributed by atoms with Gasteiger partial charge in [0.05, 0.1) is 5.56 Å². The van der Waals surface area contributed by atoms with Gasteiger partial charge in [-0.05, 0) is 37.1 Å². The second-order valence-corrected chi connectivity index (χ2v) is 6.21. The number of carbonyl (C=O) groups excluding carboxylic acids is 1. The van der Waals surface area contributed by atoms with Crippen molar-refractivity contribution in [2.75, 3.05) is 0 Å². The number of carboxylic acids is 1. The molecule has 6 nitrogen and oxygen atoms in total. The van der Waals surface area contributed by atoms with Crippen LogP contribution in [-0.4, -0.2) is 23.0 Å². The van der Waals surface area contributed by atoms with E-state index in [1.165, 1.54) is 18.2 Å². The standard InChI is InChI=1S/C20H18N2O4/c21-12-15(19(23)22-16-6-1-2-7-16)11-17-8-9-18(26-17)13-4-3-5-14(10-13)20(24)25/h3-5,8-11,16H,1-2,6-7H2,(H,22,23)(H,24,25)/b15-11+. The highest BCUT2D eigenvalue weighted by Crippen LogP contribution is 2.24. The molecule has 1 saturated carbocycles. The molecule has 1 fully saturated rings. The first-order valence-corrected chi connectivity index (χ1v) is 8.43. The van der Waals surface area contributed by atoms with E-state index in [1.807, 2.05) is 6.07 Å². The number of hydrogen-bond acceptors (Lipinski definition) is 4. The van der Waals surface area contributed by atoms with E-state index in [4.69, 9.17) is 9.52 Å². The van der Waals surface area contributed by atoms with E-state index in [1.54, 1.807) is 24.3 Å². The van der Waals surface area contributed by atoms with Crippen molar-refractivity contribution >= 4 is 18.0 Å². The van der Waals surface area contributed by atoms with Crippen LogP contribution in [0, 0.1) is 11.3 Å². The average molecular weight is 350 g/mol. The Kier molecular flexibility index (Phi) is 5.18. The van der Waals surface area contributed by atoms with Crippen molar-refractivity contribution in [2.45, 2.75) is 31.7 Å². The molecule has 3 rings (SSSR count). The first-order chi connectivity index (χ1) is 12.6. The molecule has 1 amide bonds. The summed E-state index contributed by atoms with van der Waals surface area (Å²) in [6, 6.07) is 11.7. The van der Waals surface area contributed by atoms with Gasteiger partial charge in [0.15, 0.2) is 0 Å². The Morgan fingerprint density at radius 2 is 2.00 bits per heavy atom. The molecule has 6 heteroatoms. The Labute approximate surface area is 150 Å². The minimum Gasteiger partial charge on any atom is -0.478 e. The minimum absolute atomic E-state index is 0.0166. The van der Waals surface area contributed by atoms with Gasteiger partial charge in [0.25, 0.3) is 5.91 Å². The molecule has 1 aliphatic rings. The lowest BCUT2D eigenvalue weighted by Gasteiger charge is -2.10. The third-order valence-electron chi connectivity index (χ3n) is 4.36. The Balaban J connectivity index is 1.78. The third-order valence-corrected chi connectivity index (χ3v) is 4.36. The van der Waals surface area contributed by atoms with Gasteiger partial charge in [0.1, 0.15) is 23.2 Å². The number of benzene rings is 1. The lowest BCUT2D eigenvalue weighted by Crippen LogP contribution is -2.33. The highest BCUT2D eigenvalue weighted by molar-refractivity contribution is 6.01. The van der Waals surface area contributed by atoms with Gasteiger partial charge in [-0.25, -0.2) is 4.79 Å². The summed E-state index contributed by atoms with van der Waals surface area (Å²) in [5, 5.41) is 21.2. The number of furan rings is 1. The summed E-state index contributed by atoms with van der Waals surface area (Å²) in [5.41, 5.74) is 0.750. The number of amides is 1. The number of aromatic carboxylic acids is 1. The normalized spacial score (nSPS) is 14.8. The van der Waals surface area contributed by atoms with E-state index in [9.17, 15) is 14.9 Å². The predicted molar refractivity (Wildman–Crippen MR) is 95.1 cm³/mol. The number of rotatable bonds is 5. The molecule has 0 radical (unpaired) electrons. The van der Waals surface area contributed by atoms with Crippen molar-refractivity contribution in [3.8, 4) is 17.4 Å². The summed E-state index contributed by atoms with van der Waals surface area (Å²) in [6.07, 6.45) is 5.46. The van der Waals surface area contributed by atoms with Crippen molar-refractivity contribution in [3.05, 3.63) is 53.3 Å².